The summed E-state index contributed by atoms with van der Waals surface area (Å²) >= 11 is 5.06. The SMILES string of the molecule is CNC(=S)NC[C@H](C)c1cc(C)ccc1C. The second-order valence-corrected chi connectivity index (χ2v) is 4.63. The molecule has 88 valence electrons. The highest BCUT2D eigenvalue weighted by Crippen LogP contribution is 2.20. The van der Waals surface area contributed by atoms with Gasteiger partial charge in [-0.1, -0.05) is 30.7 Å². The maximum atomic E-state index is 5.06. The number of nitrogens with one attached hydrogen (secondary N) is 2. The lowest BCUT2D eigenvalue weighted by atomic mass is 9.95. The minimum Gasteiger partial charge on any atom is -0.366 e. The number of benzene rings is 1. The molecule has 1 aromatic carbocycles. The van der Waals surface area contributed by atoms with Gasteiger partial charge in [0.25, 0.3) is 0 Å². The van der Waals surface area contributed by atoms with Gasteiger partial charge in [0.15, 0.2) is 5.11 Å². The Morgan fingerprint density at radius 3 is 2.69 bits per heavy atom. The molecule has 16 heavy (non-hydrogen) atoms. The topological polar surface area (TPSA) is 24.1 Å². The smallest absolute Gasteiger partial charge is 0.166 e. The van der Waals surface area contributed by atoms with E-state index in [-0.39, 0.29) is 0 Å². The van der Waals surface area contributed by atoms with Gasteiger partial charge < -0.3 is 10.6 Å². The van der Waals surface area contributed by atoms with E-state index in [2.05, 4.69) is 49.6 Å². The van der Waals surface area contributed by atoms with Crippen LogP contribution in [0.5, 0.6) is 0 Å². The Morgan fingerprint density at radius 1 is 1.38 bits per heavy atom. The standard InChI is InChI=1S/C13H20N2S/c1-9-5-6-10(2)12(7-9)11(3)8-15-13(16)14-4/h5-7,11H,8H2,1-4H3,(H2,14,15,16)/t11-/m0/s1. The summed E-state index contributed by atoms with van der Waals surface area (Å²) in [5, 5.41) is 6.82. The normalized spacial score (nSPS) is 12.0. The molecule has 3 heteroatoms. The molecule has 0 radical (unpaired) electrons. The van der Waals surface area contributed by atoms with Crippen molar-refractivity contribution in [2.45, 2.75) is 26.7 Å². The molecular weight excluding hydrogens is 216 g/mol. The van der Waals surface area contributed by atoms with Crippen molar-refractivity contribution in [2.24, 2.45) is 0 Å². The van der Waals surface area contributed by atoms with E-state index in [0.29, 0.717) is 11.0 Å². The Hall–Kier alpha value is -1.09. The first-order valence-corrected chi connectivity index (χ1v) is 5.98. The van der Waals surface area contributed by atoms with E-state index in [1.807, 2.05) is 7.05 Å². The van der Waals surface area contributed by atoms with Gasteiger partial charge in [-0.05, 0) is 43.1 Å². The van der Waals surface area contributed by atoms with Crippen LogP contribution in [0.3, 0.4) is 0 Å². The van der Waals surface area contributed by atoms with Crippen LogP contribution in [-0.4, -0.2) is 18.7 Å². The Kier molecular flexibility index (Phi) is 4.74. The fraction of sp³-hybridized carbons (Fsp3) is 0.462. The van der Waals surface area contributed by atoms with Gasteiger partial charge in [-0.3, -0.25) is 0 Å². The van der Waals surface area contributed by atoms with Crippen molar-refractivity contribution < 1.29 is 0 Å². The van der Waals surface area contributed by atoms with Gasteiger partial charge in [0, 0.05) is 13.6 Å². The van der Waals surface area contributed by atoms with Crippen molar-refractivity contribution in [3.8, 4) is 0 Å². The Morgan fingerprint density at radius 2 is 2.06 bits per heavy atom. The lowest BCUT2D eigenvalue weighted by molar-refractivity contribution is 0.710. The van der Waals surface area contributed by atoms with Gasteiger partial charge in [0.05, 0.1) is 0 Å². The quantitative estimate of drug-likeness (QED) is 0.789. The molecule has 0 aliphatic carbocycles. The first-order chi connectivity index (χ1) is 7.54. The van der Waals surface area contributed by atoms with E-state index < -0.39 is 0 Å². The Balaban J connectivity index is 2.68. The summed E-state index contributed by atoms with van der Waals surface area (Å²) in [6, 6.07) is 6.58. The number of rotatable bonds is 3. The fourth-order valence-electron chi connectivity index (χ4n) is 1.73. The molecule has 1 rings (SSSR count). The molecule has 0 saturated carbocycles. The van der Waals surface area contributed by atoms with Crippen molar-refractivity contribution in [3.63, 3.8) is 0 Å². The van der Waals surface area contributed by atoms with Gasteiger partial charge in [-0.25, -0.2) is 0 Å². The fourth-order valence-corrected chi connectivity index (χ4v) is 1.82. The molecule has 0 aliphatic rings. The van der Waals surface area contributed by atoms with E-state index in [1.54, 1.807) is 0 Å². The zero-order chi connectivity index (χ0) is 12.1. The summed E-state index contributed by atoms with van der Waals surface area (Å²) in [6.45, 7) is 7.36. The number of hydrogen-bond acceptors (Lipinski definition) is 1. The largest absolute Gasteiger partial charge is 0.366 e. The third-order valence-electron chi connectivity index (χ3n) is 2.76. The minimum absolute atomic E-state index is 0.464. The molecule has 0 saturated heterocycles. The van der Waals surface area contributed by atoms with Crippen LogP contribution in [0.2, 0.25) is 0 Å². The second-order valence-electron chi connectivity index (χ2n) is 4.22. The van der Waals surface area contributed by atoms with Crippen molar-refractivity contribution in [1.29, 1.82) is 0 Å². The molecule has 0 amide bonds. The van der Waals surface area contributed by atoms with Crippen LogP contribution >= 0.6 is 12.2 Å². The lowest BCUT2D eigenvalue weighted by Gasteiger charge is -2.17. The summed E-state index contributed by atoms with van der Waals surface area (Å²) in [7, 11) is 1.83. The third kappa shape index (κ3) is 3.49. The van der Waals surface area contributed by atoms with Gasteiger partial charge in [-0.15, -0.1) is 0 Å². The zero-order valence-corrected chi connectivity index (χ0v) is 11.2. The van der Waals surface area contributed by atoms with E-state index in [4.69, 9.17) is 12.2 Å². The van der Waals surface area contributed by atoms with Gasteiger partial charge in [0.1, 0.15) is 0 Å². The number of aryl methyl sites for hydroxylation is 2. The van der Waals surface area contributed by atoms with E-state index in [1.165, 1.54) is 16.7 Å². The molecule has 2 nitrogen and oxygen atoms in total. The zero-order valence-electron chi connectivity index (χ0n) is 10.4. The highest BCUT2D eigenvalue weighted by atomic mass is 32.1. The van der Waals surface area contributed by atoms with Crippen LogP contribution < -0.4 is 10.6 Å². The summed E-state index contributed by atoms with van der Waals surface area (Å²) < 4.78 is 0. The maximum Gasteiger partial charge on any atom is 0.166 e. The van der Waals surface area contributed by atoms with Gasteiger partial charge >= 0.3 is 0 Å². The molecule has 0 bridgehead atoms. The lowest BCUT2D eigenvalue weighted by Crippen LogP contribution is -2.34. The first kappa shape index (κ1) is 13.0. The van der Waals surface area contributed by atoms with E-state index >= 15 is 0 Å². The van der Waals surface area contributed by atoms with E-state index in [0.717, 1.165) is 6.54 Å². The summed E-state index contributed by atoms with van der Waals surface area (Å²) in [5.41, 5.74) is 4.05. The summed E-state index contributed by atoms with van der Waals surface area (Å²) in [4.78, 5) is 0. The monoisotopic (exact) mass is 236 g/mol. The molecule has 0 unspecified atom stereocenters. The van der Waals surface area contributed by atoms with Crippen molar-refractivity contribution >= 4 is 17.3 Å². The number of hydrogen-bond donors (Lipinski definition) is 2. The van der Waals surface area contributed by atoms with Crippen LogP contribution in [0.1, 0.15) is 29.5 Å². The Labute approximate surface area is 103 Å². The van der Waals surface area contributed by atoms with Crippen LogP contribution in [0, 0.1) is 13.8 Å². The maximum absolute atomic E-state index is 5.06. The molecule has 0 aliphatic heterocycles. The number of thiocarbonyl (C=S) groups is 1. The summed E-state index contributed by atoms with van der Waals surface area (Å²) in [5.74, 6) is 0.464. The molecular formula is C13H20N2S. The average molecular weight is 236 g/mol. The minimum atomic E-state index is 0.464. The first-order valence-electron chi connectivity index (χ1n) is 5.57. The van der Waals surface area contributed by atoms with Crippen LogP contribution in [-0.2, 0) is 0 Å². The average Bonchev–Trinajstić information content (AvgIpc) is 2.28. The Bertz CT molecular complexity index is 374. The van der Waals surface area contributed by atoms with Gasteiger partial charge in [0.2, 0.25) is 0 Å². The third-order valence-corrected chi connectivity index (χ3v) is 3.11. The van der Waals surface area contributed by atoms with Crippen LogP contribution in [0.25, 0.3) is 0 Å². The van der Waals surface area contributed by atoms with Gasteiger partial charge in [-0.2, -0.15) is 0 Å². The molecule has 1 atom stereocenters. The van der Waals surface area contributed by atoms with Crippen LogP contribution in [0.4, 0.5) is 0 Å². The molecule has 1 aromatic rings. The summed E-state index contributed by atoms with van der Waals surface area (Å²) in [6.07, 6.45) is 0. The highest BCUT2D eigenvalue weighted by molar-refractivity contribution is 7.80. The van der Waals surface area contributed by atoms with Crippen LogP contribution in [0.15, 0.2) is 18.2 Å². The predicted molar refractivity (Wildman–Crippen MR) is 74.0 cm³/mol. The molecule has 0 spiro atoms. The predicted octanol–water partition coefficient (Wildman–Crippen LogP) is 2.50. The van der Waals surface area contributed by atoms with Crippen molar-refractivity contribution in [2.75, 3.05) is 13.6 Å². The molecule has 2 N–H and O–H groups in total. The molecule has 0 heterocycles. The molecule has 0 aromatic heterocycles. The van der Waals surface area contributed by atoms with E-state index in [9.17, 15) is 0 Å². The second kappa shape index (κ2) is 5.85. The molecule has 0 fully saturated rings. The van der Waals surface area contributed by atoms with Crippen molar-refractivity contribution in [1.82, 2.24) is 10.6 Å². The van der Waals surface area contributed by atoms with Crippen molar-refractivity contribution in [3.05, 3.63) is 34.9 Å². The highest BCUT2D eigenvalue weighted by Gasteiger charge is 2.08.